The van der Waals surface area contributed by atoms with E-state index in [2.05, 4.69) is 55.3 Å². The van der Waals surface area contributed by atoms with Crippen molar-refractivity contribution in [2.24, 2.45) is 0 Å². The van der Waals surface area contributed by atoms with E-state index in [0.717, 1.165) is 43.4 Å². The Hall–Kier alpha value is -1.83. The van der Waals surface area contributed by atoms with Gasteiger partial charge in [0.05, 0.1) is 30.5 Å². The van der Waals surface area contributed by atoms with Crippen LogP contribution in [0.3, 0.4) is 0 Å². The zero-order valence-electron chi connectivity index (χ0n) is 15.2. The number of nitrogens with one attached hydrogen (secondary N) is 1. The molecule has 1 N–H and O–H groups in total. The Morgan fingerprint density at radius 3 is 2.69 bits per heavy atom. The SMILES string of the molecule is Cc1cc(C)n(CC(C)n2ccnc2-c2cc3n(n2)CCNC3)n1.Cl.Cl. The van der Waals surface area contributed by atoms with E-state index < -0.39 is 0 Å². The maximum atomic E-state index is 4.74. The number of aryl methyl sites for hydroxylation is 2. The van der Waals surface area contributed by atoms with Gasteiger partial charge in [-0.1, -0.05) is 0 Å². The first-order valence-corrected chi connectivity index (χ1v) is 8.43. The summed E-state index contributed by atoms with van der Waals surface area (Å²) in [6.07, 6.45) is 3.88. The van der Waals surface area contributed by atoms with Gasteiger partial charge in [-0.05, 0) is 32.9 Å². The second-order valence-electron chi connectivity index (χ2n) is 6.54. The lowest BCUT2D eigenvalue weighted by Crippen LogP contribution is -2.28. The molecule has 1 aliphatic rings. The smallest absolute Gasteiger partial charge is 0.160 e. The first kappa shape index (κ1) is 20.5. The van der Waals surface area contributed by atoms with Crippen molar-refractivity contribution >= 4 is 24.8 Å². The summed E-state index contributed by atoms with van der Waals surface area (Å²) >= 11 is 0. The van der Waals surface area contributed by atoms with Crippen molar-refractivity contribution < 1.29 is 0 Å². The molecule has 0 fully saturated rings. The summed E-state index contributed by atoms with van der Waals surface area (Å²) in [5.74, 6) is 0.922. The average molecular weight is 398 g/mol. The van der Waals surface area contributed by atoms with Crippen LogP contribution in [-0.4, -0.2) is 35.7 Å². The van der Waals surface area contributed by atoms with E-state index in [1.165, 1.54) is 11.4 Å². The number of hydrogen-bond acceptors (Lipinski definition) is 4. The second kappa shape index (κ2) is 8.24. The van der Waals surface area contributed by atoms with E-state index in [1.807, 2.05) is 19.3 Å². The summed E-state index contributed by atoms with van der Waals surface area (Å²) < 4.78 is 6.33. The van der Waals surface area contributed by atoms with Gasteiger partial charge in [0.15, 0.2) is 5.82 Å². The molecular formula is C17H25Cl2N7. The summed E-state index contributed by atoms with van der Waals surface area (Å²) in [5, 5.41) is 12.7. The quantitative estimate of drug-likeness (QED) is 0.734. The van der Waals surface area contributed by atoms with Crippen LogP contribution in [0.5, 0.6) is 0 Å². The van der Waals surface area contributed by atoms with Crippen LogP contribution in [0.4, 0.5) is 0 Å². The predicted molar refractivity (Wildman–Crippen MR) is 106 cm³/mol. The molecule has 0 aromatic carbocycles. The molecule has 0 saturated carbocycles. The van der Waals surface area contributed by atoms with Gasteiger partial charge in [0.1, 0.15) is 5.69 Å². The van der Waals surface area contributed by atoms with Crippen molar-refractivity contribution in [3.8, 4) is 11.5 Å². The summed E-state index contributed by atoms with van der Waals surface area (Å²) in [6, 6.07) is 4.50. The molecule has 3 aromatic rings. The van der Waals surface area contributed by atoms with Crippen LogP contribution < -0.4 is 5.32 Å². The van der Waals surface area contributed by atoms with Gasteiger partial charge in [0, 0.05) is 31.2 Å². The molecule has 0 radical (unpaired) electrons. The minimum absolute atomic E-state index is 0. The zero-order chi connectivity index (χ0) is 16.7. The maximum absolute atomic E-state index is 4.74. The van der Waals surface area contributed by atoms with Crippen LogP contribution in [0.25, 0.3) is 11.5 Å². The molecule has 0 bridgehead atoms. The van der Waals surface area contributed by atoms with Crippen molar-refractivity contribution in [3.05, 3.63) is 41.6 Å². The monoisotopic (exact) mass is 397 g/mol. The fraction of sp³-hybridized carbons (Fsp3) is 0.471. The molecule has 4 heterocycles. The second-order valence-corrected chi connectivity index (χ2v) is 6.54. The maximum Gasteiger partial charge on any atom is 0.160 e. The zero-order valence-corrected chi connectivity index (χ0v) is 16.8. The van der Waals surface area contributed by atoms with E-state index in [1.54, 1.807) is 0 Å². The van der Waals surface area contributed by atoms with Gasteiger partial charge in [-0.2, -0.15) is 10.2 Å². The van der Waals surface area contributed by atoms with Crippen molar-refractivity contribution in [2.45, 2.75) is 46.4 Å². The number of rotatable bonds is 4. The Bertz CT molecular complexity index is 841. The third-order valence-electron chi connectivity index (χ3n) is 4.58. The van der Waals surface area contributed by atoms with E-state index in [4.69, 9.17) is 5.10 Å². The topological polar surface area (TPSA) is 65.5 Å². The lowest BCUT2D eigenvalue weighted by molar-refractivity contribution is 0.432. The van der Waals surface area contributed by atoms with Crippen LogP contribution in [0.1, 0.15) is 30.0 Å². The molecule has 3 aromatic heterocycles. The largest absolute Gasteiger partial charge is 0.325 e. The Kier molecular flexibility index (Phi) is 6.49. The Balaban J connectivity index is 0.00000121. The highest BCUT2D eigenvalue weighted by Gasteiger charge is 2.18. The van der Waals surface area contributed by atoms with Gasteiger partial charge in [0.2, 0.25) is 0 Å². The van der Waals surface area contributed by atoms with Gasteiger partial charge in [-0.15, -0.1) is 24.8 Å². The number of fused-ring (bicyclic) bond motifs is 1. The predicted octanol–water partition coefficient (Wildman–Crippen LogP) is 2.77. The van der Waals surface area contributed by atoms with E-state index in [9.17, 15) is 0 Å². The molecule has 0 aliphatic carbocycles. The van der Waals surface area contributed by atoms with E-state index in [-0.39, 0.29) is 30.9 Å². The van der Waals surface area contributed by atoms with Gasteiger partial charge in [-0.25, -0.2) is 4.98 Å². The Labute approximate surface area is 165 Å². The van der Waals surface area contributed by atoms with Crippen molar-refractivity contribution in [1.82, 2.24) is 34.4 Å². The first-order valence-electron chi connectivity index (χ1n) is 8.43. The molecule has 1 atom stereocenters. The minimum Gasteiger partial charge on any atom is -0.325 e. The minimum atomic E-state index is 0. The molecule has 0 amide bonds. The van der Waals surface area contributed by atoms with Gasteiger partial charge in [-0.3, -0.25) is 9.36 Å². The van der Waals surface area contributed by atoms with Gasteiger partial charge < -0.3 is 9.88 Å². The molecule has 4 rings (SSSR count). The summed E-state index contributed by atoms with van der Waals surface area (Å²) in [4.78, 5) is 4.56. The lowest BCUT2D eigenvalue weighted by Gasteiger charge is -2.16. The van der Waals surface area contributed by atoms with E-state index in [0.29, 0.717) is 0 Å². The normalized spacial score (nSPS) is 14.3. The Morgan fingerprint density at radius 2 is 2.00 bits per heavy atom. The Morgan fingerprint density at radius 1 is 1.19 bits per heavy atom. The first-order chi connectivity index (χ1) is 11.6. The standard InChI is InChI=1S/C17H23N7.2ClH/c1-12-8-13(2)24(20-12)11-14(3)22-6-5-19-17(22)16-9-15-10-18-4-7-23(15)21-16;;/h5-6,8-9,14,18H,4,7,10-11H2,1-3H3;2*1H. The van der Waals surface area contributed by atoms with Crippen LogP contribution in [0.15, 0.2) is 24.5 Å². The number of halogens is 2. The molecule has 1 unspecified atom stereocenters. The third kappa shape index (κ3) is 3.79. The highest BCUT2D eigenvalue weighted by atomic mass is 35.5. The lowest BCUT2D eigenvalue weighted by atomic mass is 10.2. The average Bonchev–Trinajstić information content (AvgIpc) is 3.25. The summed E-state index contributed by atoms with van der Waals surface area (Å²) in [6.45, 7) is 9.89. The third-order valence-corrected chi connectivity index (χ3v) is 4.58. The molecule has 0 spiro atoms. The highest BCUT2D eigenvalue weighted by Crippen LogP contribution is 2.23. The van der Waals surface area contributed by atoms with Crippen LogP contribution in [-0.2, 0) is 19.6 Å². The molecule has 142 valence electrons. The van der Waals surface area contributed by atoms with Crippen molar-refractivity contribution in [2.75, 3.05) is 6.54 Å². The molecular weight excluding hydrogens is 373 g/mol. The highest BCUT2D eigenvalue weighted by molar-refractivity contribution is 5.85. The van der Waals surface area contributed by atoms with Crippen LogP contribution in [0, 0.1) is 13.8 Å². The van der Waals surface area contributed by atoms with Crippen molar-refractivity contribution in [1.29, 1.82) is 0 Å². The molecule has 9 heteroatoms. The van der Waals surface area contributed by atoms with Crippen LogP contribution in [0.2, 0.25) is 0 Å². The summed E-state index contributed by atoms with van der Waals surface area (Å²) in [7, 11) is 0. The van der Waals surface area contributed by atoms with E-state index >= 15 is 0 Å². The fourth-order valence-electron chi connectivity index (χ4n) is 3.37. The molecule has 7 nitrogen and oxygen atoms in total. The van der Waals surface area contributed by atoms with Gasteiger partial charge >= 0.3 is 0 Å². The fourth-order valence-corrected chi connectivity index (χ4v) is 3.37. The number of aromatic nitrogens is 6. The number of hydrogen-bond donors (Lipinski definition) is 1. The molecule has 1 aliphatic heterocycles. The molecule has 26 heavy (non-hydrogen) atoms. The van der Waals surface area contributed by atoms with Crippen LogP contribution >= 0.6 is 24.8 Å². The summed E-state index contributed by atoms with van der Waals surface area (Å²) in [5.41, 5.74) is 4.40. The number of nitrogens with zero attached hydrogens (tertiary/aromatic N) is 6. The van der Waals surface area contributed by atoms with Crippen molar-refractivity contribution in [3.63, 3.8) is 0 Å². The van der Waals surface area contributed by atoms with Gasteiger partial charge in [0.25, 0.3) is 0 Å². The number of imidazole rings is 1. The molecule has 0 saturated heterocycles.